The molecule has 0 aliphatic carbocycles. The molecule has 1 aromatic carbocycles. The van der Waals surface area contributed by atoms with Crippen LogP contribution in [0.15, 0.2) is 22.0 Å². The lowest BCUT2D eigenvalue weighted by Gasteiger charge is -2.16. The minimum absolute atomic E-state index is 0.354. The molecule has 0 aliphatic heterocycles. The first-order chi connectivity index (χ1) is 10.0. The van der Waals surface area contributed by atoms with Crippen molar-refractivity contribution >= 4 is 50.5 Å². The van der Waals surface area contributed by atoms with Crippen molar-refractivity contribution in [2.45, 2.75) is 5.38 Å². The minimum Gasteiger partial charge on any atom is -0.493 e. The van der Waals surface area contributed by atoms with Gasteiger partial charge in [0.05, 0.1) is 35.5 Å². The summed E-state index contributed by atoms with van der Waals surface area (Å²) in [4.78, 5) is 0.933. The first kappa shape index (κ1) is 16.7. The van der Waals surface area contributed by atoms with Gasteiger partial charge in [-0.3, -0.25) is 0 Å². The molecule has 0 radical (unpaired) electrons. The first-order valence-electron chi connectivity index (χ1n) is 5.90. The highest BCUT2D eigenvalue weighted by atomic mass is 79.9. The lowest BCUT2D eigenvalue weighted by Crippen LogP contribution is -1.98. The van der Waals surface area contributed by atoms with Crippen molar-refractivity contribution < 1.29 is 14.2 Å². The smallest absolute Gasteiger partial charge is 0.203 e. The molecular weight excluding hydrogens is 399 g/mol. The topological polar surface area (TPSA) is 27.7 Å². The molecule has 3 nitrogen and oxygen atoms in total. The third-order valence-corrected chi connectivity index (χ3v) is 6.05. The van der Waals surface area contributed by atoms with Crippen LogP contribution in [0, 0.1) is 0 Å². The number of benzene rings is 1. The summed E-state index contributed by atoms with van der Waals surface area (Å²) in [6.45, 7) is 0. The third kappa shape index (κ3) is 3.42. The third-order valence-electron chi connectivity index (χ3n) is 2.89. The second kappa shape index (κ2) is 7.09. The van der Waals surface area contributed by atoms with E-state index in [1.807, 2.05) is 18.2 Å². The average Bonchev–Trinajstić information content (AvgIpc) is 2.84. The van der Waals surface area contributed by atoms with Crippen LogP contribution in [0.5, 0.6) is 17.2 Å². The molecule has 0 saturated carbocycles. The Bertz CT molecular complexity index is 601. The van der Waals surface area contributed by atoms with Crippen molar-refractivity contribution in [2.75, 3.05) is 21.3 Å². The van der Waals surface area contributed by atoms with Gasteiger partial charge in [0.25, 0.3) is 0 Å². The summed E-state index contributed by atoms with van der Waals surface area (Å²) in [5, 5.41) is 0.292. The van der Waals surface area contributed by atoms with E-state index >= 15 is 0 Å². The van der Waals surface area contributed by atoms with Crippen LogP contribution < -0.4 is 14.2 Å². The molecule has 21 heavy (non-hydrogen) atoms. The molecule has 0 amide bonds. The maximum atomic E-state index is 6.55. The van der Waals surface area contributed by atoms with Crippen LogP contribution in [0.25, 0.3) is 0 Å². The van der Waals surface area contributed by atoms with Crippen LogP contribution in [0.4, 0.5) is 0 Å². The van der Waals surface area contributed by atoms with Crippen LogP contribution in [0.1, 0.15) is 15.8 Å². The summed E-state index contributed by atoms with van der Waals surface area (Å²) >= 11 is 17.5. The van der Waals surface area contributed by atoms with Gasteiger partial charge in [0.1, 0.15) is 0 Å². The SMILES string of the molecule is COc1cc(C(Cl)c2cc(Cl)c(Br)s2)cc(OC)c1OC. The Morgan fingerprint density at radius 1 is 1.05 bits per heavy atom. The summed E-state index contributed by atoms with van der Waals surface area (Å²) in [7, 11) is 4.71. The number of hydrogen-bond donors (Lipinski definition) is 0. The van der Waals surface area contributed by atoms with Crippen LogP contribution in [0.2, 0.25) is 5.02 Å². The molecule has 114 valence electrons. The number of halogens is 3. The fourth-order valence-corrected chi connectivity index (χ4v) is 3.98. The highest BCUT2D eigenvalue weighted by Crippen LogP contribution is 2.45. The maximum absolute atomic E-state index is 6.55. The number of ether oxygens (including phenoxy) is 3. The first-order valence-corrected chi connectivity index (χ1v) is 8.32. The highest BCUT2D eigenvalue weighted by molar-refractivity contribution is 9.11. The summed E-state index contributed by atoms with van der Waals surface area (Å²) in [6.07, 6.45) is 0. The Kier molecular flexibility index (Phi) is 5.66. The van der Waals surface area contributed by atoms with Gasteiger partial charge >= 0.3 is 0 Å². The molecule has 7 heteroatoms. The average molecular weight is 412 g/mol. The van der Waals surface area contributed by atoms with E-state index in [9.17, 15) is 0 Å². The molecule has 0 aliphatic rings. The molecule has 1 atom stereocenters. The van der Waals surface area contributed by atoms with E-state index in [1.54, 1.807) is 21.3 Å². The number of thiophene rings is 1. The number of rotatable bonds is 5. The zero-order chi connectivity index (χ0) is 15.6. The van der Waals surface area contributed by atoms with Crippen molar-refractivity contribution in [3.05, 3.63) is 37.4 Å². The fourth-order valence-electron chi connectivity index (χ4n) is 1.90. The van der Waals surface area contributed by atoms with E-state index in [1.165, 1.54) is 11.3 Å². The molecule has 0 fully saturated rings. The van der Waals surface area contributed by atoms with Gasteiger partial charge in [0.2, 0.25) is 5.75 Å². The summed E-state index contributed by atoms with van der Waals surface area (Å²) in [6, 6.07) is 5.51. The number of hydrogen-bond acceptors (Lipinski definition) is 4. The van der Waals surface area contributed by atoms with E-state index < -0.39 is 0 Å². The van der Waals surface area contributed by atoms with Gasteiger partial charge < -0.3 is 14.2 Å². The monoisotopic (exact) mass is 410 g/mol. The number of alkyl halides is 1. The molecule has 0 N–H and O–H groups in total. The van der Waals surface area contributed by atoms with Crippen molar-refractivity contribution in [3.63, 3.8) is 0 Å². The Morgan fingerprint density at radius 3 is 2.00 bits per heavy atom. The summed E-state index contributed by atoms with van der Waals surface area (Å²) in [5.41, 5.74) is 0.844. The molecule has 2 aromatic rings. The van der Waals surface area contributed by atoms with Gasteiger partial charge in [-0.2, -0.15) is 0 Å². The van der Waals surface area contributed by atoms with E-state index in [2.05, 4.69) is 15.9 Å². The molecule has 0 bridgehead atoms. The Hall–Kier alpha value is -0.620. The molecule has 1 unspecified atom stereocenters. The maximum Gasteiger partial charge on any atom is 0.203 e. The van der Waals surface area contributed by atoms with Gasteiger partial charge in [-0.25, -0.2) is 0 Å². The lowest BCUT2D eigenvalue weighted by atomic mass is 10.1. The molecular formula is C14H13BrCl2O3S. The van der Waals surface area contributed by atoms with Gasteiger partial charge in [0, 0.05) is 4.88 Å². The van der Waals surface area contributed by atoms with Crippen LogP contribution in [-0.4, -0.2) is 21.3 Å². The zero-order valence-corrected chi connectivity index (χ0v) is 15.5. The van der Waals surface area contributed by atoms with Crippen molar-refractivity contribution in [3.8, 4) is 17.2 Å². The zero-order valence-electron chi connectivity index (χ0n) is 11.6. The Balaban J connectivity index is 2.48. The predicted molar refractivity (Wildman–Crippen MR) is 90.8 cm³/mol. The van der Waals surface area contributed by atoms with E-state index in [4.69, 9.17) is 37.4 Å². The van der Waals surface area contributed by atoms with Crippen LogP contribution >= 0.6 is 50.5 Å². The van der Waals surface area contributed by atoms with Gasteiger partial charge in [-0.15, -0.1) is 22.9 Å². The minimum atomic E-state index is -0.354. The number of methoxy groups -OCH3 is 3. The highest BCUT2D eigenvalue weighted by Gasteiger charge is 2.20. The fraction of sp³-hybridized carbons (Fsp3) is 0.286. The largest absolute Gasteiger partial charge is 0.493 e. The Morgan fingerprint density at radius 2 is 1.62 bits per heavy atom. The molecule has 2 rings (SSSR count). The molecule has 1 heterocycles. The molecule has 1 aromatic heterocycles. The predicted octanol–water partition coefficient (Wildman–Crippen LogP) is 5.52. The lowest BCUT2D eigenvalue weighted by molar-refractivity contribution is 0.324. The second-order valence-corrected chi connectivity index (χ2v) is 7.34. The quantitative estimate of drug-likeness (QED) is 0.606. The van der Waals surface area contributed by atoms with Gasteiger partial charge in [-0.1, -0.05) is 11.6 Å². The van der Waals surface area contributed by atoms with E-state index in [0.717, 1.165) is 14.2 Å². The van der Waals surface area contributed by atoms with Crippen molar-refractivity contribution in [2.24, 2.45) is 0 Å². The van der Waals surface area contributed by atoms with E-state index in [-0.39, 0.29) is 5.38 Å². The van der Waals surface area contributed by atoms with Crippen molar-refractivity contribution in [1.82, 2.24) is 0 Å². The summed E-state index contributed by atoms with van der Waals surface area (Å²) < 4.78 is 16.8. The van der Waals surface area contributed by atoms with Gasteiger partial charge in [-0.05, 0) is 39.7 Å². The molecule has 0 spiro atoms. The second-order valence-electron chi connectivity index (χ2n) is 4.09. The Labute approximate surface area is 145 Å². The van der Waals surface area contributed by atoms with Gasteiger partial charge in [0.15, 0.2) is 11.5 Å². The van der Waals surface area contributed by atoms with Crippen LogP contribution in [-0.2, 0) is 0 Å². The normalized spacial score (nSPS) is 12.1. The standard InChI is InChI=1S/C14H13BrCl2O3S/c1-18-9-4-7(5-10(19-2)13(9)20-3)12(17)11-6-8(16)14(15)21-11/h4-6,12H,1-3H3. The molecule has 0 saturated heterocycles. The van der Waals surface area contributed by atoms with Crippen LogP contribution in [0.3, 0.4) is 0 Å². The summed E-state index contributed by atoms with van der Waals surface area (Å²) in [5.74, 6) is 1.68. The van der Waals surface area contributed by atoms with Crippen molar-refractivity contribution in [1.29, 1.82) is 0 Å². The van der Waals surface area contributed by atoms with E-state index in [0.29, 0.717) is 22.3 Å².